The quantitative estimate of drug-likeness (QED) is 0.806. The minimum Gasteiger partial charge on any atom is -0.375 e. The van der Waals surface area contributed by atoms with Crippen molar-refractivity contribution in [2.45, 2.75) is 0 Å². The van der Waals surface area contributed by atoms with Crippen LogP contribution in [0.3, 0.4) is 0 Å². The maximum absolute atomic E-state index is 11.3. The maximum Gasteiger partial charge on any atom is 0.250 e. The number of nitrogens with one attached hydrogen (secondary N) is 2. The number of benzene rings is 1. The van der Waals surface area contributed by atoms with E-state index >= 15 is 0 Å². The van der Waals surface area contributed by atoms with Crippen LogP contribution in [-0.4, -0.2) is 38.6 Å². The smallest absolute Gasteiger partial charge is 0.250 e. The summed E-state index contributed by atoms with van der Waals surface area (Å²) in [6, 6.07) is 7.38. The molecule has 5 heteroatoms. The highest BCUT2D eigenvalue weighted by molar-refractivity contribution is 5.91. The van der Waals surface area contributed by atoms with Gasteiger partial charge in [-0.1, -0.05) is 6.58 Å². The highest BCUT2D eigenvalue weighted by Gasteiger charge is 2.02. The third-order valence-corrected chi connectivity index (χ3v) is 2.27. The zero-order chi connectivity index (χ0) is 13.5. The van der Waals surface area contributed by atoms with E-state index in [1.165, 1.54) is 7.11 Å². The van der Waals surface area contributed by atoms with Gasteiger partial charge < -0.3 is 20.3 Å². The number of methoxy groups -OCH3 is 1. The predicted octanol–water partition coefficient (Wildman–Crippen LogP) is 1.72. The Labute approximate surface area is 107 Å². The van der Waals surface area contributed by atoms with Gasteiger partial charge in [-0.2, -0.15) is 0 Å². The lowest BCUT2D eigenvalue weighted by molar-refractivity contribution is -0.119. The number of amides is 1. The summed E-state index contributed by atoms with van der Waals surface area (Å²) in [4.78, 5) is 13.2. The zero-order valence-electron chi connectivity index (χ0n) is 11.0. The summed E-state index contributed by atoms with van der Waals surface area (Å²) in [5.74, 6) is 0.627. The van der Waals surface area contributed by atoms with Gasteiger partial charge in [-0.05, 0) is 24.3 Å². The molecule has 0 unspecified atom stereocenters. The van der Waals surface area contributed by atoms with Crippen molar-refractivity contribution in [2.24, 2.45) is 0 Å². The first-order chi connectivity index (χ1) is 8.52. The summed E-state index contributed by atoms with van der Waals surface area (Å²) in [5.41, 5.74) is 1.65. The average molecular weight is 249 g/mol. The first-order valence-electron chi connectivity index (χ1n) is 5.55. The molecule has 0 heterocycles. The van der Waals surface area contributed by atoms with Gasteiger partial charge in [0.25, 0.3) is 0 Å². The van der Waals surface area contributed by atoms with Crippen molar-refractivity contribution in [3.63, 3.8) is 0 Å². The number of nitrogens with zero attached hydrogens (tertiary/aromatic N) is 1. The lowest BCUT2D eigenvalue weighted by Gasteiger charge is -2.17. The van der Waals surface area contributed by atoms with Crippen LogP contribution in [0.4, 0.5) is 11.4 Å². The van der Waals surface area contributed by atoms with Gasteiger partial charge in [-0.15, -0.1) is 0 Å². The topological polar surface area (TPSA) is 53.6 Å². The predicted molar refractivity (Wildman–Crippen MR) is 73.4 cm³/mol. The molecular weight excluding hydrogens is 230 g/mol. The van der Waals surface area contributed by atoms with Crippen LogP contribution in [0.2, 0.25) is 0 Å². The van der Waals surface area contributed by atoms with E-state index in [9.17, 15) is 4.79 Å². The summed E-state index contributed by atoms with van der Waals surface area (Å²) in [5, 5.41) is 5.86. The number of ether oxygens (including phenoxy) is 1. The Balaban J connectivity index is 2.57. The van der Waals surface area contributed by atoms with Gasteiger partial charge in [0.1, 0.15) is 6.61 Å². The van der Waals surface area contributed by atoms with Crippen molar-refractivity contribution in [3.8, 4) is 0 Å². The van der Waals surface area contributed by atoms with E-state index in [4.69, 9.17) is 4.74 Å². The first kappa shape index (κ1) is 14.1. The molecule has 0 aliphatic rings. The summed E-state index contributed by atoms with van der Waals surface area (Å²) in [6.07, 6.45) is 0. The number of hydrogen-bond donors (Lipinski definition) is 2. The first-order valence-corrected chi connectivity index (χ1v) is 5.55. The van der Waals surface area contributed by atoms with Gasteiger partial charge in [0.15, 0.2) is 0 Å². The summed E-state index contributed by atoms with van der Waals surface area (Å²) < 4.78 is 4.74. The third kappa shape index (κ3) is 4.47. The molecule has 0 aliphatic heterocycles. The number of hydrogen-bond acceptors (Lipinski definition) is 4. The Morgan fingerprint density at radius 1 is 1.22 bits per heavy atom. The molecule has 0 radical (unpaired) electrons. The molecule has 0 aromatic heterocycles. The largest absolute Gasteiger partial charge is 0.375 e. The SMILES string of the molecule is C=C(Nc1ccc(NC(=O)COC)cc1)N(C)C. The molecule has 0 spiro atoms. The highest BCUT2D eigenvalue weighted by atomic mass is 16.5. The maximum atomic E-state index is 11.3. The molecule has 1 aromatic rings. The minimum absolute atomic E-state index is 0.0530. The number of carbonyl (C=O) groups is 1. The Bertz CT molecular complexity index is 413. The fourth-order valence-electron chi connectivity index (χ4n) is 1.24. The van der Waals surface area contributed by atoms with Crippen LogP contribution >= 0.6 is 0 Å². The van der Waals surface area contributed by atoms with E-state index in [1.807, 2.05) is 43.3 Å². The molecular formula is C13H19N3O2. The molecule has 1 amide bonds. The third-order valence-electron chi connectivity index (χ3n) is 2.27. The molecule has 98 valence electrons. The van der Waals surface area contributed by atoms with E-state index < -0.39 is 0 Å². The van der Waals surface area contributed by atoms with Crippen LogP contribution in [-0.2, 0) is 9.53 Å². The van der Waals surface area contributed by atoms with Crippen molar-refractivity contribution < 1.29 is 9.53 Å². The van der Waals surface area contributed by atoms with E-state index in [2.05, 4.69) is 17.2 Å². The average Bonchev–Trinajstić information content (AvgIpc) is 2.31. The molecule has 0 bridgehead atoms. The molecule has 18 heavy (non-hydrogen) atoms. The molecule has 0 saturated carbocycles. The van der Waals surface area contributed by atoms with Gasteiger partial charge in [0, 0.05) is 32.6 Å². The van der Waals surface area contributed by atoms with Crippen molar-refractivity contribution in [1.29, 1.82) is 0 Å². The number of rotatable bonds is 6. The minimum atomic E-state index is -0.170. The lowest BCUT2D eigenvalue weighted by Crippen LogP contribution is -2.17. The van der Waals surface area contributed by atoms with E-state index in [0.717, 1.165) is 17.2 Å². The van der Waals surface area contributed by atoms with Crippen LogP contribution < -0.4 is 10.6 Å². The highest BCUT2D eigenvalue weighted by Crippen LogP contribution is 2.15. The molecule has 2 N–H and O–H groups in total. The van der Waals surface area contributed by atoms with Crippen LogP contribution in [0.1, 0.15) is 0 Å². The van der Waals surface area contributed by atoms with Gasteiger partial charge in [-0.25, -0.2) is 0 Å². The van der Waals surface area contributed by atoms with Crippen molar-refractivity contribution in [1.82, 2.24) is 4.90 Å². The molecule has 5 nitrogen and oxygen atoms in total. The van der Waals surface area contributed by atoms with Crippen LogP contribution in [0.5, 0.6) is 0 Å². The standard InChI is InChI=1S/C13H19N3O2/c1-10(16(2)3)14-11-5-7-12(8-6-11)15-13(17)9-18-4/h5-8,14H,1,9H2,2-4H3,(H,15,17). The molecule has 0 saturated heterocycles. The summed E-state index contributed by atoms with van der Waals surface area (Å²) >= 11 is 0. The van der Waals surface area contributed by atoms with Crippen LogP contribution in [0.15, 0.2) is 36.7 Å². The molecule has 1 rings (SSSR count). The van der Waals surface area contributed by atoms with Crippen molar-refractivity contribution in [3.05, 3.63) is 36.7 Å². The molecule has 1 aromatic carbocycles. The summed E-state index contributed by atoms with van der Waals surface area (Å²) in [7, 11) is 5.31. The second-order valence-corrected chi connectivity index (χ2v) is 4.02. The van der Waals surface area contributed by atoms with Gasteiger partial charge in [0.05, 0.1) is 5.82 Å². The molecule has 0 atom stereocenters. The zero-order valence-corrected chi connectivity index (χ0v) is 11.0. The van der Waals surface area contributed by atoms with Crippen molar-refractivity contribution in [2.75, 3.05) is 38.4 Å². The second kappa shape index (κ2) is 6.66. The fraction of sp³-hybridized carbons (Fsp3) is 0.308. The van der Waals surface area contributed by atoms with Crippen molar-refractivity contribution >= 4 is 17.3 Å². The van der Waals surface area contributed by atoms with E-state index in [-0.39, 0.29) is 12.5 Å². The van der Waals surface area contributed by atoms with Gasteiger partial charge >= 0.3 is 0 Å². The molecule has 0 aliphatic carbocycles. The Kier molecular flexibility index (Phi) is 5.20. The lowest BCUT2D eigenvalue weighted by atomic mass is 10.2. The van der Waals surface area contributed by atoms with Crippen LogP contribution in [0.25, 0.3) is 0 Å². The van der Waals surface area contributed by atoms with Gasteiger partial charge in [-0.3, -0.25) is 4.79 Å². The number of anilines is 2. The van der Waals surface area contributed by atoms with E-state index in [0.29, 0.717) is 0 Å². The Morgan fingerprint density at radius 2 is 1.72 bits per heavy atom. The Morgan fingerprint density at radius 3 is 2.17 bits per heavy atom. The number of carbonyl (C=O) groups excluding carboxylic acids is 1. The van der Waals surface area contributed by atoms with Gasteiger partial charge in [0.2, 0.25) is 5.91 Å². The molecule has 0 fully saturated rings. The normalized spacial score (nSPS) is 9.72. The fourth-order valence-corrected chi connectivity index (χ4v) is 1.24. The Hall–Kier alpha value is -2.01. The summed E-state index contributed by atoms with van der Waals surface area (Å²) in [6.45, 7) is 3.93. The van der Waals surface area contributed by atoms with E-state index in [1.54, 1.807) is 0 Å². The van der Waals surface area contributed by atoms with Crippen LogP contribution in [0, 0.1) is 0 Å². The second-order valence-electron chi connectivity index (χ2n) is 4.02. The monoisotopic (exact) mass is 249 g/mol.